The molecular weight excluding hydrogens is 429 g/mol. The Morgan fingerprint density at radius 1 is 1.15 bits per heavy atom. The molecule has 2 nitrogen and oxygen atoms in total. The van der Waals surface area contributed by atoms with E-state index in [2.05, 4.69) is 38.5 Å². The van der Waals surface area contributed by atoms with Gasteiger partial charge >= 0.3 is 0 Å². The van der Waals surface area contributed by atoms with Crippen LogP contribution in [0.1, 0.15) is 48.9 Å². The van der Waals surface area contributed by atoms with Gasteiger partial charge in [-0.05, 0) is 71.9 Å². The molecule has 1 amide bonds. The lowest BCUT2D eigenvalue weighted by molar-refractivity contribution is 0.0586. The van der Waals surface area contributed by atoms with Crippen molar-refractivity contribution in [3.63, 3.8) is 0 Å². The summed E-state index contributed by atoms with van der Waals surface area (Å²) >= 11 is 5.71. The normalized spacial score (nSPS) is 21.4. The lowest BCUT2D eigenvalue weighted by Crippen LogP contribution is -2.42. The standard InChI is InChI=1S/C16H19BrINO/c17-12-3-4-14(18)13(11-12)15(20)19-9-7-16(8-10-19)5-1-2-6-16/h3-4,11H,1-2,5-10H2. The van der Waals surface area contributed by atoms with Gasteiger partial charge < -0.3 is 4.90 Å². The Morgan fingerprint density at radius 2 is 1.80 bits per heavy atom. The molecule has 1 spiro atoms. The molecule has 0 radical (unpaired) electrons. The average molecular weight is 448 g/mol. The highest BCUT2D eigenvalue weighted by molar-refractivity contribution is 14.1. The average Bonchev–Trinajstić information content (AvgIpc) is 2.90. The van der Waals surface area contributed by atoms with E-state index >= 15 is 0 Å². The zero-order valence-electron chi connectivity index (χ0n) is 11.5. The Morgan fingerprint density at radius 3 is 2.45 bits per heavy atom. The fraction of sp³-hybridized carbons (Fsp3) is 0.562. The van der Waals surface area contributed by atoms with Crippen LogP contribution in [-0.4, -0.2) is 23.9 Å². The minimum atomic E-state index is 0.198. The van der Waals surface area contributed by atoms with E-state index in [0.717, 1.165) is 26.7 Å². The number of piperidine rings is 1. The topological polar surface area (TPSA) is 20.3 Å². The molecule has 1 heterocycles. The number of amides is 1. The molecule has 1 aliphatic heterocycles. The molecule has 0 bridgehead atoms. The molecule has 108 valence electrons. The first-order valence-electron chi connectivity index (χ1n) is 7.34. The fourth-order valence-electron chi connectivity index (χ4n) is 3.64. The van der Waals surface area contributed by atoms with E-state index in [-0.39, 0.29) is 5.91 Å². The Bertz CT molecular complexity index is 515. The van der Waals surface area contributed by atoms with Crippen molar-refractivity contribution in [1.82, 2.24) is 4.90 Å². The van der Waals surface area contributed by atoms with Crippen LogP contribution in [0.2, 0.25) is 0 Å². The molecule has 2 fully saturated rings. The molecule has 1 aliphatic carbocycles. The van der Waals surface area contributed by atoms with E-state index in [4.69, 9.17) is 0 Å². The lowest BCUT2D eigenvalue weighted by Gasteiger charge is -2.39. The van der Waals surface area contributed by atoms with E-state index in [1.54, 1.807) is 0 Å². The maximum absolute atomic E-state index is 12.7. The van der Waals surface area contributed by atoms with Gasteiger partial charge in [-0.1, -0.05) is 28.8 Å². The Labute approximate surface area is 142 Å². The highest BCUT2D eigenvalue weighted by atomic mass is 127. The first kappa shape index (κ1) is 14.8. The summed E-state index contributed by atoms with van der Waals surface area (Å²) in [5, 5.41) is 0. The third-order valence-electron chi connectivity index (χ3n) is 4.93. The second kappa shape index (κ2) is 5.95. The van der Waals surface area contributed by atoms with Crippen molar-refractivity contribution >= 4 is 44.4 Å². The van der Waals surface area contributed by atoms with Gasteiger partial charge in [0.15, 0.2) is 0 Å². The number of carbonyl (C=O) groups excluding carboxylic acids is 1. The summed E-state index contributed by atoms with van der Waals surface area (Å²) in [5.74, 6) is 0.198. The highest BCUT2D eigenvalue weighted by Gasteiger charge is 2.38. The Balaban J connectivity index is 1.71. The SMILES string of the molecule is O=C(c1cc(Br)ccc1I)N1CCC2(CCCC2)CC1. The summed E-state index contributed by atoms with van der Waals surface area (Å²) in [7, 11) is 0. The zero-order valence-corrected chi connectivity index (χ0v) is 15.2. The summed E-state index contributed by atoms with van der Waals surface area (Å²) < 4.78 is 2.02. The van der Waals surface area contributed by atoms with Crippen LogP contribution in [0.5, 0.6) is 0 Å². The van der Waals surface area contributed by atoms with Crippen LogP contribution in [0.4, 0.5) is 0 Å². The molecule has 20 heavy (non-hydrogen) atoms. The van der Waals surface area contributed by atoms with E-state index in [1.165, 1.54) is 38.5 Å². The molecule has 0 N–H and O–H groups in total. The van der Waals surface area contributed by atoms with Gasteiger partial charge in [0.2, 0.25) is 0 Å². The summed E-state index contributed by atoms with van der Waals surface area (Å²) in [5.41, 5.74) is 1.41. The van der Waals surface area contributed by atoms with Crippen molar-refractivity contribution in [3.8, 4) is 0 Å². The van der Waals surface area contributed by atoms with Gasteiger partial charge in [0.25, 0.3) is 5.91 Å². The van der Waals surface area contributed by atoms with Gasteiger partial charge in [-0.25, -0.2) is 0 Å². The van der Waals surface area contributed by atoms with Crippen LogP contribution < -0.4 is 0 Å². The van der Waals surface area contributed by atoms with Crippen LogP contribution >= 0.6 is 38.5 Å². The number of nitrogens with zero attached hydrogens (tertiary/aromatic N) is 1. The molecule has 0 aromatic heterocycles. The number of rotatable bonds is 1. The van der Waals surface area contributed by atoms with Crippen molar-refractivity contribution < 1.29 is 4.79 Å². The molecular formula is C16H19BrINO. The predicted octanol–water partition coefficient (Wildman–Crippen LogP) is 4.85. The van der Waals surface area contributed by atoms with E-state index in [1.807, 2.05) is 23.1 Å². The maximum atomic E-state index is 12.7. The van der Waals surface area contributed by atoms with Gasteiger partial charge in [0.1, 0.15) is 0 Å². The van der Waals surface area contributed by atoms with Gasteiger partial charge in [-0.3, -0.25) is 4.79 Å². The smallest absolute Gasteiger partial charge is 0.254 e. The van der Waals surface area contributed by atoms with Crippen LogP contribution in [0, 0.1) is 8.99 Å². The monoisotopic (exact) mass is 447 g/mol. The molecule has 1 saturated carbocycles. The summed E-state index contributed by atoms with van der Waals surface area (Å²) in [6, 6.07) is 5.94. The van der Waals surface area contributed by atoms with E-state index in [9.17, 15) is 4.79 Å². The second-order valence-corrected chi connectivity index (χ2v) is 8.20. The molecule has 1 aromatic carbocycles. The molecule has 1 aromatic rings. The maximum Gasteiger partial charge on any atom is 0.254 e. The molecule has 0 unspecified atom stereocenters. The summed E-state index contributed by atoms with van der Waals surface area (Å²) in [6.45, 7) is 1.86. The molecule has 1 saturated heterocycles. The number of hydrogen-bond donors (Lipinski definition) is 0. The van der Waals surface area contributed by atoms with Gasteiger partial charge in [0, 0.05) is 21.1 Å². The number of hydrogen-bond acceptors (Lipinski definition) is 1. The molecule has 0 atom stereocenters. The van der Waals surface area contributed by atoms with Gasteiger partial charge in [-0.15, -0.1) is 0 Å². The summed E-state index contributed by atoms with van der Waals surface area (Å²) in [4.78, 5) is 14.7. The number of benzene rings is 1. The predicted molar refractivity (Wildman–Crippen MR) is 92.9 cm³/mol. The minimum absolute atomic E-state index is 0.198. The van der Waals surface area contributed by atoms with Crippen LogP contribution in [-0.2, 0) is 0 Å². The van der Waals surface area contributed by atoms with Gasteiger partial charge in [-0.2, -0.15) is 0 Å². The van der Waals surface area contributed by atoms with Gasteiger partial charge in [0.05, 0.1) is 5.56 Å². The minimum Gasteiger partial charge on any atom is -0.339 e. The first-order chi connectivity index (χ1) is 9.60. The van der Waals surface area contributed by atoms with Crippen molar-refractivity contribution in [2.75, 3.05) is 13.1 Å². The quantitative estimate of drug-likeness (QED) is 0.563. The fourth-order valence-corrected chi connectivity index (χ4v) is 4.57. The number of carbonyl (C=O) groups is 1. The Kier molecular flexibility index (Phi) is 4.41. The third-order valence-corrected chi connectivity index (χ3v) is 6.37. The van der Waals surface area contributed by atoms with Crippen LogP contribution in [0.25, 0.3) is 0 Å². The van der Waals surface area contributed by atoms with Crippen molar-refractivity contribution in [2.24, 2.45) is 5.41 Å². The van der Waals surface area contributed by atoms with E-state index < -0.39 is 0 Å². The zero-order chi connectivity index (χ0) is 14.2. The van der Waals surface area contributed by atoms with Crippen LogP contribution in [0.3, 0.4) is 0 Å². The van der Waals surface area contributed by atoms with Crippen LogP contribution in [0.15, 0.2) is 22.7 Å². The summed E-state index contributed by atoms with van der Waals surface area (Å²) in [6.07, 6.45) is 7.93. The molecule has 3 rings (SSSR count). The van der Waals surface area contributed by atoms with E-state index in [0.29, 0.717) is 5.41 Å². The van der Waals surface area contributed by atoms with Crippen molar-refractivity contribution in [3.05, 3.63) is 31.8 Å². The van der Waals surface area contributed by atoms with Crippen molar-refractivity contribution in [1.29, 1.82) is 0 Å². The highest BCUT2D eigenvalue weighted by Crippen LogP contribution is 2.46. The Hall–Kier alpha value is -0.100. The number of halogens is 2. The lowest BCUT2D eigenvalue weighted by atomic mass is 9.77. The second-order valence-electron chi connectivity index (χ2n) is 6.12. The third kappa shape index (κ3) is 2.91. The first-order valence-corrected chi connectivity index (χ1v) is 9.21. The largest absolute Gasteiger partial charge is 0.339 e. The van der Waals surface area contributed by atoms with Crippen molar-refractivity contribution in [2.45, 2.75) is 38.5 Å². The molecule has 4 heteroatoms. The molecule has 2 aliphatic rings. The number of likely N-dealkylation sites (tertiary alicyclic amines) is 1.